The number of rotatable bonds is 7. The maximum Gasteiger partial charge on any atom is 0.336 e. The van der Waals surface area contributed by atoms with Gasteiger partial charge in [-0.1, -0.05) is 30.3 Å². The monoisotopic (exact) mass is 415 g/mol. The van der Waals surface area contributed by atoms with Crippen LogP contribution in [-0.2, 0) is 11.4 Å². The Morgan fingerprint density at radius 1 is 0.903 bits per heavy atom. The third kappa shape index (κ3) is 5.30. The van der Waals surface area contributed by atoms with Crippen molar-refractivity contribution in [2.75, 3.05) is 11.9 Å². The highest BCUT2D eigenvalue weighted by Crippen LogP contribution is 2.22. The highest BCUT2D eigenvalue weighted by molar-refractivity contribution is 5.92. The van der Waals surface area contributed by atoms with E-state index >= 15 is 0 Å². The number of anilines is 1. The normalized spacial score (nSPS) is 10.6. The van der Waals surface area contributed by atoms with Crippen molar-refractivity contribution in [1.29, 1.82) is 0 Å². The second kappa shape index (κ2) is 9.17. The lowest BCUT2D eigenvalue weighted by molar-refractivity contribution is -0.118. The van der Waals surface area contributed by atoms with Gasteiger partial charge in [0.15, 0.2) is 6.61 Å². The van der Waals surface area contributed by atoms with Crippen molar-refractivity contribution < 1.29 is 18.7 Å². The molecule has 0 spiro atoms. The van der Waals surface area contributed by atoms with Crippen LogP contribution in [0.15, 0.2) is 88.1 Å². The van der Waals surface area contributed by atoms with Crippen molar-refractivity contribution in [3.63, 3.8) is 0 Å². The van der Waals surface area contributed by atoms with Gasteiger partial charge in [-0.15, -0.1) is 0 Å². The van der Waals surface area contributed by atoms with Crippen LogP contribution in [0.3, 0.4) is 0 Å². The maximum absolute atomic E-state index is 12.2. The van der Waals surface area contributed by atoms with Crippen molar-refractivity contribution in [3.05, 3.63) is 100 Å². The van der Waals surface area contributed by atoms with Gasteiger partial charge in [0.2, 0.25) is 0 Å². The summed E-state index contributed by atoms with van der Waals surface area (Å²) in [6, 6.07) is 23.6. The lowest BCUT2D eigenvalue weighted by Gasteiger charge is -2.10. The molecule has 1 aromatic heterocycles. The summed E-state index contributed by atoms with van der Waals surface area (Å²) in [6.45, 7) is 2.14. The molecule has 31 heavy (non-hydrogen) atoms. The lowest BCUT2D eigenvalue weighted by Crippen LogP contribution is -2.20. The first-order valence-corrected chi connectivity index (χ1v) is 9.81. The maximum atomic E-state index is 12.2. The number of ether oxygens (including phenoxy) is 2. The molecule has 0 fully saturated rings. The Bertz CT molecular complexity index is 1250. The van der Waals surface area contributed by atoms with Crippen LogP contribution in [0.5, 0.6) is 11.5 Å². The number of carbonyl (C=O) groups excluding carboxylic acids is 1. The highest BCUT2D eigenvalue weighted by atomic mass is 16.5. The Morgan fingerprint density at radius 3 is 2.42 bits per heavy atom. The predicted molar refractivity (Wildman–Crippen MR) is 119 cm³/mol. The van der Waals surface area contributed by atoms with Gasteiger partial charge in [0.1, 0.15) is 23.7 Å². The topological polar surface area (TPSA) is 77.8 Å². The SMILES string of the molecule is Cc1cc(=O)oc2cc(OCC(=O)Nc3ccc(OCc4ccccc4)cc3)ccc12. The van der Waals surface area contributed by atoms with Crippen molar-refractivity contribution in [3.8, 4) is 11.5 Å². The van der Waals surface area contributed by atoms with Gasteiger partial charge in [-0.3, -0.25) is 4.79 Å². The number of carbonyl (C=O) groups is 1. The largest absolute Gasteiger partial charge is 0.489 e. The van der Waals surface area contributed by atoms with E-state index in [1.807, 2.05) is 37.3 Å². The number of nitrogens with one attached hydrogen (secondary N) is 1. The van der Waals surface area contributed by atoms with E-state index in [1.165, 1.54) is 6.07 Å². The van der Waals surface area contributed by atoms with Crippen LogP contribution < -0.4 is 20.4 Å². The molecule has 0 aliphatic carbocycles. The molecule has 4 rings (SSSR count). The van der Waals surface area contributed by atoms with Gasteiger partial charge in [-0.05, 0) is 54.4 Å². The van der Waals surface area contributed by atoms with Crippen LogP contribution in [0.25, 0.3) is 11.0 Å². The molecule has 0 aliphatic heterocycles. The van der Waals surface area contributed by atoms with Gasteiger partial charge >= 0.3 is 5.63 Å². The average Bonchev–Trinajstić information content (AvgIpc) is 2.77. The molecular weight excluding hydrogens is 394 g/mol. The Hall–Kier alpha value is -4.06. The first kappa shape index (κ1) is 20.2. The molecule has 3 aromatic carbocycles. The fraction of sp³-hybridized carbons (Fsp3) is 0.120. The highest BCUT2D eigenvalue weighted by Gasteiger charge is 2.07. The van der Waals surface area contributed by atoms with Crippen LogP contribution in [-0.4, -0.2) is 12.5 Å². The fourth-order valence-electron chi connectivity index (χ4n) is 3.12. The number of hydrogen-bond acceptors (Lipinski definition) is 5. The summed E-state index contributed by atoms with van der Waals surface area (Å²) < 4.78 is 16.5. The molecule has 0 aliphatic rings. The molecule has 0 saturated heterocycles. The van der Waals surface area contributed by atoms with E-state index in [-0.39, 0.29) is 12.5 Å². The second-order valence-electron chi connectivity index (χ2n) is 7.04. The predicted octanol–water partition coefficient (Wildman–Crippen LogP) is 4.70. The Morgan fingerprint density at radius 2 is 1.65 bits per heavy atom. The molecule has 6 nitrogen and oxygen atoms in total. The molecular formula is C25H21NO5. The molecule has 156 valence electrons. The minimum Gasteiger partial charge on any atom is -0.489 e. The number of aryl methyl sites for hydroxylation is 1. The summed E-state index contributed by atoms with van der Waals surface area (Å²) in [6.07, 6.45) is 0. The summed E-state index contributed by atoms with van der Waals surface area (Å²) in [7, 11) is 0. The molecule has 0 saturated carbocycles. The van der Waals surface area contributed by atoms with Crippen LogP contribution in [0, 0.1) is 6.92 Å². The number of benzene rings is 3. The quantitative estimate of drug-likeness (QED) is 0.443. The van der Waals surface area contributed by atoms with E-state index in [0.29, 0.717) is 29.4 Å². The van der Waals surface area contributed by atoms with Crippen molar-refractivity contribution >= 4 is 22.6 Å². The average molecular weight is 415 g/mol. The zero-order valence-corrected chi connectivity index (χ0v) is 17.0. The lowest BCUT2D eigenvalue weighted by atomic mass is 10.1. The van der Waals surface area contributed by atoms with Crippen LogP contribution in [0.4, 0.5) is 5.69 Å². The number of hydrogen-bond donors (Lipinski definition) is 1. The molecule has 0 unspecified atom stereocenters. The van der Waals surface area contributed by atoms with E-state index in [9.17, 15) is 9.59 Å². The smallest absolute Gasteiger partial charge is 0.336 e. The van der Waals surface area contributed by atoms with Gasteiger partial charge in [0.25, 0.3) is 5.91 Å². The molecule has 0 radical (unpaired) electrons. The standard InChI is InChI=1S/C25H21NO5/c1-17-13-25(28)31-23-14-21(11-12-22(17)23)30-16-24(27)26-19-7-9-20(10-8-19)29-15-18-5-3-2-4-6-18/h2-14H,15-16H2,1H3,(H,26,27). The van der Waals surface area contributed by atoms with Crippen LogP contribution in [0.1, 0.15) is 11.1 Å². The molecule has 0 bridgehead atoms. The van der Waals surface area contributed by atoms with Gasteiger partial charge in [0, 0.05) is 23.2 Å². The number of fused-ring (bicyclic) bond motifs is 1. The molecule has 0 atom stereocenters. The Labute approximate surface area is 179 Å². The van der Waals surface area contributed by atoms with E-state index in [0.717, 1.165) is 16.5 Å². The van der Waals surface area contributed by atoms with Gasteiger partial charge in [-0.25, -0.2) is 4.79 Å². The summed E-state index contributed by atoms with van der Waals surface area (Å²) in [5.74, 6) is 0.857. The third-order valence-corrected chi connectivity index (χ3v) is 4.68. The first-order chi connectivity index (χ1) is 15.1. The van der Waals surface area contributed by atoms with E-state index in [4.69, 9.17) is 13.9 Å². The van der Waals surface area contributed by atoms with Crippen molar-refractivity contribution in [2.45, 2.75) is 13.5 Å². The van der Waals surface area contributed by atoms with Gasteiger partial charge in [-0.2, -0.15) is 0 Å². The molecule has 6 heteroatoms. The van der Waals surface area contributed by atoms with Crippen LogP contribution in [0.2, 0.25) is 0 Å². The van der Waals surface area contributed by atoms with Gasteiger partial charge < -0.3 is 19.2 Å². The molecule has 4 aromatic rings. The summed E-state index contributed by atoms with van der Waals surface area (Å²) >= 11 is 0. The minimum atomic E-state index is -0.420. The first-order valence-electron chi connectivity index (χ1n) is 9.81. The minimum absolute atomic E-state index is 0.173. The van der Waals surface area contributed by atoms with E-state index in [1.54, 1.807) is 42.5 Å². The van der Waals surface area contributed by atoms with Crippen molar-refractivity contribution in [2.24, 2.45) is 0 Å². The van der Waals surface area contributed by atoms with Crippen molar-refractivity contribution in [1.82, 2.24) is 0 Å². The third-order valence-electron chi connectivity index (χ3n) is 4.68. The second-order valence-corrected chi connectivity index (χ2v) is 7.04. The van der Waals surface area contributed by atoms with Gasteiger partial charge in [0.05, 0.1) is 0 Å². The molecule has 1 amide bonds. The molecule has 1 N–H and O–H groups in total. The summed E-state index contributed by atoms with van der Waals surface area (Å²) in [4.78, 5) is 23.8. The van der Waals surface area contributed by atoms with E-state index < -0.39 is 5.63 Å². The Kier molecular flexibility index (Phi) is 5.98. The number of amides is 1. The van der Waals surface area contributed by atoms with Crippen LogP contribution >= 0.6 is 0 Å². The van der Waals surface area contributed by atoms with E-state index in [2.05, 4.69) is 5.32 Å². The fourth-order valence-corrected chi connectivity index (χ4v) is 3.12. The molecule has 1 heterocycles. The zero-order chi connectivity index (χ0) is 21.6. The summed E-state index contributed by atoms with van der Waals surface area (Å²) in [5.41, 5.74) is 2.55. The Balaban J connectivity index is 1.30. The zero-order valence-electron chi connectivity index (χ0n) is 17.0. The summed E-state index contributed by atoms with van der Waals surface area (Å²) in [5, 5.41) is 3.60.